The van der Waals surface area contributed by atoms with Gasteiger partial charge in [-0.25, -0.2) is 0 Å². The molecule has 16 heavy (non-hydrogen) atoms. The Morgan fingerprint density at radius 3 is 2.69 bits per heavy atom. The topological polar surface area (TPSA) is 38.9 Å². The first-order chi connectivity index (χ1) is 7.41. The molecule has 1 atom stereocenters. The summed E-state index contributed by atoms with van der Waals surface area (Å²) in [6.07, 6.45) is 6.93. The second-order valence-electron chi connectivity index (χ2n) is 5.30. The van der Waals surface area contributed by atoms with Crippen molar-refractivity contribution >= 4 is 21.6 Å². The number of nitrogen functional groups attached to an aromatic ring is 1. The van der Waals surface area contributed by atoms with Gasteiger partial charge in [-0.2, -0.15) is 0 Å². The molecule has 1 unspecified atom stereocenters. The van der Waals surface area contributed by atoms with Crippen molar-refractivity contribution < 1.29 is 0 Å². The van der Waals surface area contributed by atoms with E-state index in [1.165, 1.54) is 0 Å². The van der Waals surface area contributed by atoms with Crippen LogP contribution in [0.2, 0.25) is 0 Å². The van der Waals surface area contributed by atoms with Gasteiger partial charge in [-0.15, -0.1) is 0 Å². The Kier molecular flexibility index (Phi) is 4.78. The van der Waals surface area contributed by atoms with Crippen molar-refractivity contribution in [3.8, 4) is 0 Å². The van der Waals surface area contributed by atoms with Crippen molar-refractivity contribution in [1.82, 2.24) is 4.98 Å². The smallest absolute Gasteiger partial charge is 0.0377 e. The molecule has 0 aliphatic carbocycles. The fraction of sp³-hybridized carbons (Fsp3) is 0.615. The van der Waals surface area contributed by atoms with E-state index in [1.54, 1.807) is 6.20 Å². The Balaban J connectivity index is 2.40. The van der Waals surface area contributed by atoms with Gasteiger partial charge >= 0.3 is 0 Å². The van der Waals surface area contributed by atoms with Crippen LogP contribution < -0.4 is 5.73 Å². The van der Waals surface area contributed by atoms with E-state index in [1.807, 2.05) is 12.3 Å². The van der Waals surface area contributed by atoms with Gasteiger partial charge in [0.25, 0.3) is 0 Å². The van der Waals surface area contributed by atoms with Gasteiger partial charge in [0.1, 0.15) is 0 Å². The Labute approximate surface area is 107 Å². The second-order valence-corrected chi connectivity index (χ2v) is 6.41. The molecule has 0 saturated heterocycles. The molecule has 0 amide bonds. The first-order valence-electron chi connectivity index (χ1n) is 5.73. The summed E-state index contributed by atoms with van der Waals surface area (Å²) in [5, 5.41) is 0. The SMILES string of the molecule is CC(C)(C)C(Br)CCCc1cnccc1N. The summed E-state index contributed by atoms with van der Waals surface area (Å²) >= 11 is 3.74. The zero-order chi connectivity index (χ0) is 12.2. The third kappa shape index (κ3) is 4.12. The molecule has 0 aliphatic rings. The van der Waals surface area contributed by atoms with Crippen LogP contribution in [0, 0.1) is 5.41 Å². The molecule has 2 nitrogen and oxygen atoms in total. The predicted molar refractivity (Wildman–Crippen MR) is 73.8 cm³/mol. The number of alkyl halides is 1. The van der Waals surface area contributed by atoms with Crippen LogP contribution in [0.3, 0.4) is 0 Å². The molecule has 3 heteroatoms. The molecule has 90 valence electrons. The lowest BCUT2D eigenvalue weighted by Crippen LogP contribution is -2.20. The number of anilines is 1. The fourth-order valence-corrected chi connectivity index (χ4v) is 1.88. The Bertz CT molecular complexity index is 331. The molecule has 0 fully saturated rings. The molecule has 0 bridgehead atoms. The minimum absolute atomic E-state index is 0.320. The number of halogens is 1. The van der Waals surface area contributed by atoms with Gasteiger partial charge < -0.3 is 5.73 Å². The van der Waals surface area contributed by atoms with E-state index >= 15 is 0 Å². The number of rotatable bonds is 4. The van der Waals surface area contributed by atoms with E-state index < -0.39 is 0 Å². The Hall–Kier alpha value is -0.570. The number of aromatic nitrogens is 1. The van der Waals surface area contributed by atoms with E-state index in [0.29, 0.717) is 10.2 Å². The maximum Gasteiger partial charge on any atom is 0.0377 e. The van der Waals surface area contributed by atoms with Crippen LogP contribution in [0.15, 0.2) is 18.5 Å². The number of pyridine rings is 1. The molecule has 0 aliphatic heterocycles. The lowest BCUT2D eigenvalue weighted by Gasteiger charge is -2.25. The Morgan fingerprint density at radius 2 is 2.12 bits per heavy atom. The summed E-state index contributed by atoms with van der Waals surface area (Å²) in [5.41, 5.74) is 8.21. The van der Waals surface area contributed by atoms with Gasteiger partial charge in [0.05, 0.1) is 0 Å². The monoisotopic (exact) mass is 284 g/mol. The van der Waals surface area contributed by atoms with Crippen LogP contribution >= 0.6 is 15.9 Å². The molecule has 1 aromatic heterocycles. The third-order valence-electron chi connectivity index (χ3n) is 2.78. The average Bonchev–Trinajstić information content (AvgIpc) is 2.19. The van der Waals surface area contributed by atoms with Crippen LogP contribution in [-0.2, 0) is 6.42 Å². The largest absolute Gasteiger partial charge is 0.398 e. The van der Waals surface area contributed by atoms with Crippen molar-refractivity contribution in [2.45, 2.75) is 44.9 Å². The molecular formula is C13H21BrN2. The highest BCUT2D eigenvalue weighted by atomic mass is 79.9. The van der Waals surface area contributed by atoms with E-state index in [-0.39, 0.29) is 0 Å². The summed E-state index contributed by atoms with van der Waals surface area (Å²) in [6.45, 7) is 6.76. The molecule has 0 aromatic carbocycles. The summed E-state index contributed by atoms with van der Waals surface area (Å²) in [5.74, 6) is 0. The first kappa shape index (κ1) is 13.5. The van der Waals surface area contributed by atoms with Crippen molar-refractivity contribution in [3.05, 3.63) is 24.0 Å². The highest BCUT2D eigenvalue weighted by Gasteiger charge is 2.20. The van der Waals surface area contributed by atoms with E-state index in [9.17, 15) is 0 Å². The molecule has 0 saturated carbocycles. The quantitative estimate of drug-likeness (QED) is 0.855. The van der Waals surface area contributed by atoms with Crippen molar-refractivity contribution in [3.63, 3.8) is 0 Å². The Morgan fingerprint density at radius 1 is 1.44 bits per heavy atom. The minimum atomic E-state index is 0.320. The number of hydrogen-bond donors (Lipinski definition) is 1. The van der Waals surface area contributed by atoms with Gasteiger partial charge in [-0.05, 0) is 36.3 Å². The van der Waals surface area contributed by atoms with Crippen LogP contribution in [0.1, 0.15) is 39.2 Å². The number of aryl methyl sites for hydroxylation is 1. The van der Waals surface area contributed by atoms with Crippen molar-refractivity contribution in [2.75, 3.05) is 5.73 Å². The van der Waals surface area contributed by atoms with E-state index in [2.05, 4.69) is 41.7 Å². The molecule has 2 N–H and O–H groups in total. The maximum absolute atomic E-state index is 5.87. The van der Waals surface area contributed by atoms with Crippen molar-refractivity contribution in [2.24, 2.45) is 5.41 Å². The molecule has 1 heterocycles. The van der Waals surface area contributed by atoms with Gasteiger partial charge in [0.2, 0.25) is 0 Å². The number of nitrogens with zero attached hydrogens (tertiary/aromatic N) is 1. The standard InChI is InChI=1S/C13H21BrN2/c1-13(2,3)12(14)6-4-5-10-9-16-8-7-11(10)15/h7-9,12H,4-6H2,1-3H3,(H2,15,16). The average molecular weight is 285 g/mol. The summed E-state index contributed by atoms with van der Waals surface area (Å²) in [6, 6.07) is 1.87. The zero-order valence-corrected chi connectivity index (χ0v) is 11.9. The van der Waals surface area contributed by atoms with Gasteiger partial charge in [-0.3, -0.25) is 4.98 Å². The molecule has 1 aromatic rings. The lowest BCUT2D eigenvalue weighted by atomic mass is 9.89. The van der Waals surface area contributed by atoms with E-state index in [0.717, 1.165) is 30.5 Å². The highest BCUT2D eigenvalue weighted by molar-refractivity contribution is 9.09. The highest BCUT2D eigenvalue weighted by Crippen LogP contribution is 2.30. The van der Waals surface area contributed by atoms with Gasteiger partial charge in [0, 0.05) is 22.9 Å². The van der Waals surface area contributed by atoms with Gasteiger partial charge in [-0.1, -0.05) is 36.7 Å². The lowest BCUT2D eigenvalue weighted by molar-refractivity contribution is 0.380. The van der Waals surface area contributed by atoms with Crippen molar-refractivity contribution in [1.29, 1.82) is 0 Å². The minimum Gasteiger partial charge on any atom is -0.398 e. The van der Waals surface area contributed by atoms with Gasteiger partial charge in [0.15, 0.2) is 0 Å². The van der Waals surface area contributed by atoms with Crippen LogP contribution in [0.25, 0.3) is 0 Å². The van der Waals surface area contributed by atoms with Crippen LogP contribution in [0.5, 0.6) is 0 Å². The fourth-order valence-electron chi connectivity index (χ4n) is 1.55. The first-order valence-corrected chi connectivity index (χ1v) is 6.65. The van der Waals surface area contributed by atoms with Crippen LogP contribution in [0.4, 0.5) is 5.69 Å². The third-order valence-corrected chi connectivity index (χ3v) is 4.62. The summed E-state index contributed by atoms with van der Waals surface area (Å²) in [4.78, 5) is 4.65. The molecule has 0 radical (unpaired) electrons. The molecular weight excluding hydrogens is 264 g/mol. The summed E-state index contributed by atoms with van der Waals surface area (Å²) in [7, 11) is 0. The maximum atomic E-state index is 5.87. The molecule has 0 spiro atoms. The number of hydrogen-bond acceptors (Lipinski definition) is 2. The number of nitrogens with two attached hydrogens (primary N) is 1. The summed E-state index contributed by atoms with van der Waals surface area (Å²) < 4.78 is 0. The van der Waals surface area contributed by atoms with E-state index in [4.69, 9.17) is 5.73 Å². The molecule has 1 rings (SSSR count). The predicted octanol–water partition coefficient (Wildman–Crippen LogP) is 3.80. The zero-order valence-electron chi connectivity index (χ0n) is 10.3. The normalized spacial score (nSPS) is 13.8. The van der Waals surface area contributed by atoms with Crippen LogP contribution in [-0.4, -0.2) is 9.81 Å². The second kappa shape index (κ2) is 5.67.